The first-order valence-electron chi connectivity index (χ1n) is 9.08. The molecule has 0 amide bonds. The molecule has 0 aromatic carbocycles. The molecule has 1 aliphatic heterocycles. The Hall–Kier alpha value is -0.790. The van der Waals surface area contributed by atoms with E-state index in [0.717, 1.165) is 37.0 Å². The van der Waals surface area contributed by atoms with Crippen LogP contribution < -0.4 is 5.32 Å². The van der Waals surface area contributed by atoms with Crippen molar-refractivity contribution in [2.45, 2.75) is 65.8 Å². The molecule has 1 spiro atoms. The SMILES string of the molecule is CCNC(=NCc1nc(C)c(C)o1)N1CCC2(CCCCC2)C1.I. The largest absolute Gasteiger partial charge is 0.444 e. The van der Waals surface area contributed by atoms with Gasteiger partial charge in [-0.3, -0.25) is 0 Å². The number of guanidine groups is 1. The van der Waals surface area contributed by atoms with E-state index >= 15 is 0 Å². The molecule has 1 saturated heterocycles. The van der Waals surface area contributed by atoms with Crippen molar-refractivity contribution in [2.24, 2.45) is 10.4 Å². The minimum Gasteiger partial charge on any atom is -0.444 e. The van der Waals surface area contributed by atoms with Crippen LogP contribution in [0.4, 0.5) is 0 Å². The van der Waals surface area contributed by atoms with Crippen LogP contribution in [0, 0.1) is 19.3 Å². The number of rotatable bonds is 3. The molecule has 5 nitrogen and oxygen atoms in total. The molecule has 2 aliphatic rings. The summed E-state index contributed by atoms with van der Waals surface area (Å²) in [4.78, 5) is 11.6. The molecule has 0 bridgehead atoms. The number of likely N-dealkylation sites (tertiary alicyclic amines) is 1. The summed E-state index contributed by atoms with van der Waals surface area (Å²) in [6.07, 6.45) is 8.31. The quantitative estimate of drug-likeness (QED) is 0.433. The van der Waals surface area contributed by atoms with Crippen molar-refractivity contribution in [1.29, 1.82) is 0 Å². The van der Waals surface area contributed by atoms with E-state index in [1.165, 1.54) is 38.5 Å². The van der Waals surface area contributed by atoms with E-state index in [0.29, 0.717) is 17.9 Å². The Balaban J connectivity index is 0.00000208. The summed E-state index contributed by atoms with van der Waals surface area (Å²) < 4.78 is 5.65. The van der Waals surface area contributed by atoms with Crippen LogP contribution in [-0.4, -0.2) is 35.5 Å². The first-order valence-corrected chi connectivity index (χ1v) is 9.08. The molecular formula is C18H31IN4O. The zero-order valence-electron chi connectivity index (χ0n) is 15.2. The molecule has 1 aromatic rings. The van der Waals surface area contributed by atoms with E-state index in [2.05, 4.69) is 22.1 Å². The van der Waals surface area contributed by atoms with Crippen LogP contribution in [0.1, 0.15) is 62.8 Å². The lowest BCUT2D eigenvalue weighted by atomic mass is 9.73. The molecule has 2 fully saturated rings. The second kappa shape index (κ2) is 8.54. The Bertz CT molecular complexity index is 544. The van der Waals surface area contributed by atoms with Gasteiger partial charge in [-0.2, -0.15) is 0 Å². The third-order valence-corrected chi connectivity index (χ3v) is 5.42. The maximum absolute atomic E-state index is 5.65. The van der Waals surface area contributed by atoms with Crippen LogP contribution in [-0.2, 0) is 6.54 Å². The van der Waals surface area contributed by atoms with Gasteiger partial charge in [-0.15, -0.1) is 24.0 Å². The number of halogens is 1. The van der Waals surface area contributed by atoms with Gasteiger partial charge in [0.1, 0.15) is 12.3 Å². The Morgan fingerprint density at radius 3 is 2.62 bits per heavy atom. The van der Waals surface area contributed by atoms with Crippen LogP contribution in [0.15, 0.2) is 9.41 Å². The predicted molar refractivity (Wildman–Crippen MR) is 108 cm³/mol. The summed E-state index contributed by atoms with van der Waals surface area (Å²) in [6, 6.07) is 0. The summed E-state index contributed by atoms with van der Waals surface area (Å²) in [5, 5.41) is 3.44. The van der Waals surface area contributed by atoms with Gasteiger partial charge < -0.3 is 14.6 Å². The predicted octanol–water partition coefficient (Wildman–Crippen LogP) is 4.03. The topological polar surface area (TPSA) is 53.7 Å². The third kappa shape index (κ3) is 4.43. The monoisotopic (exact) mass is 446 g/mol. The minimum atomic E-state index is 0. The second-order valence-electron chi connectivity index (χ2n) is 7.15. The molecule has 2 heterocycles. The van der Waals surface area contributed by atoms with Gasteiger partial charge in [0.2, 0.25) is 5.89 Å². The van der Waals surface area contributed by atoms with Crippen molar-refractivity contribution in [3.8, 4) is 0 Å². The highest BCUT2D eigenvalue weighted by atomic mass is 127. The van der Waals surface area contributed by atoms with Crippen LogP contribution in [0.5, 0.6) is 0 Å². The molecule has 6 heteroatoms. The average molecular weight is 446 g/mol. The number of nitrogens with zero attached hydrogens (tertiary/aromatic N) is 3. The highest BCUT2D eigenvalue weighted by Crippen LogP contribution is 2.43. The third-order valence-electron chi connectivity index (χ3n) is 5.42. The van der Waals surface area contributed by atoms with E-state index in [-0.39, 0.29) is 24.0 Å². The van der Waals surface area contributed by atoms with Gasteiger partial charge in [0.05, 0.1) is 5.69 Å². The van der Waals surface area contributed by atoms with Gasteiger partial charge >= 0.3 is 0 Å². The lowest BCUT2D eigenvalue weighted by molar-refractivity contribution is 0.203. The molecule has 1 saturated carbocycles. The lowest BCUT2D eigenvalue weighted by Gasteiger charge is -2.33. The van der Waals surface area contributed by atoms with Crippen molar-refractivity contribution in [2.75, 3.05) is 19.6 Å². The highest BCUT2D eigenvalue weighted by Gasteiger charge is 2.39. The summed E-state index contributed by atoms with van der Waals surface area (Å²) in [5.41, 5.74) is 1.51. The average Bonchev–Trinajstić information content (AvgIpc) is 3.09. The van der Waals surface area contributed by atoms with E-state index in [9.17, 15) is 0 Å². The summed E-state index contributed by atoms with van der Waals surface area (Å²) in [6.45, 7) is 9.74. The second-order valence-corrected chi connectivity index (χ2v) is 7.15. The zero-order valence-corrected chi connectivity index (χ0v) is 17.6. The fourth-order valence-corrected chi connectivity index (χ4v) is 4.00. The molecule has 3 rings (SSSR count). The summed E-state index contributed by atoms with van der Waals surface area (Å²) >= 11 is 0. The Labute approximate surface area is 162 Å². The smallest absolute Gasteiger partial charge is 0.216 e. The number of aryl methyl sites for hydroxylation is 2. The van der Waals surface area contributed by atoms with E-state index in [1.54, 1.807) is 0 Å². The Kier molecular flexibility index (Phi) is 6.95. The fourth-order valence-electron chi connectivity index (χ4n) is 4.00. The number of hydrogen-bond acceptors (Lipinski definition) is 3. The van der Waals surface area contributed by atoms with Crippen molar-refractivity contribution < 1.29 is 4.42 Å². The molecule has 136 valence electrons. The van der Waals surface area contributed by atoms with Gasteiger partial charge in [-0.25, -0.2) is 9.98 Å². The normalized spacial score (nSPS) is 20.3. The molecule has 24 heavy (non-hydrogen) atoms. The maximum atomic E-state index is 5.65. The van der Waals surface area contributed by atoms with E-state index < -0.39 is 0 Å². The fraction of sp³-hybridized carbons (Fsp3) is 0.778. The first kappa shape index (κ1) is 19.5. The Morgan fingerprint density at radius 2 is 2.00 bits per heavy atom. The minimum absolute atomic E-state index is 0. The number of aromatic nitrogens is 1. The first-order chi connectivity index (χ1) is 11.1. The van der Waals surface area contributed by atoms with Gasteiger partial charge in [0.25, 0.3) is 0 Å². The van der Waals surface area contributed by atoms with Gasteiger partial charge in [0.15, 0.2) is 5.96 Å². The maximum Gasteiger partial charge on any atom is 0.216 e. The van der Waals surface area contributed by atoms with Crippen molar-refractivity contribution in [3.63, 3.8) is 0 Å². The summed E-state index contributed by atoms with van der Waals surface area (Å²) in [5.74, 6) is 2.62. The Morgan fingerprint density at radius 1 is 1.25 bits per heavy atom. The highest BCUT2D eigenvalue weighted by molar-refractivity contribution is 14.0. The molecule has 1 aliphatic carbocycles. The number of nitrogens with one attached hydrogen (secondary N) is 1. The van der Waals surface area contributed by atoms with Crippen LogP contribution in [0.2, 0.25) is 0 Å². The van der Waals surface area contributed by atoms with Crippen LogP contribution in [0.25, 0.3) is 0 Å². The van der Waals surface area contributed by atoms with Gasteiger partial charge in [-0.1, -0.05) is 19.3 Å². The molecule has 0 atom stereocenters. The van der Waals surface area contributed by atoms with Gasteiger partial charge in [-0.05, 0) is 45.4 Å². The zero-order chi connectivity index (χ0) is 16.3. The molecular weight excluding hydrogens is 415 g/mol. The van der Waals surface area contributed by atoms with Crippen molar-refractivity contribution >= 4 is 29.9 Å². The number of hydrogen-bond donors (Lipinski definition) is 1. The van der Waals surface area contributed by atoms with Crippen LogP contribution in [0.3, 0.4) is 0 Å². The molecule has 1 aromatic heterocycles. The molecule has 0 unspecified atom stereocenters. The van der Waals surface area contributed by atoms with Crippen molar-refractivity contribution in [3.05, 3.63) is 17.3 Å². The number of aliphatic imine (C=N–C) groups is 1. The molecule has 0 radical (unpaired) electrons. The van der Waals surface area contributed by atoms with Gasteiger partial charge in [0, 0.05) is 19.6 Å². The lowest BCUT2D eigenvalue weighted by Crippen LogP contribution is -2.41. The van der Waals surface area contributed by atoms with Crippen molar-refractivity contribution in [1.82, 2.24) is 15.2 Å². The molecule has 1 N–H and O–H groups in total. The summed E-state index contributed by atoms with van der Waals surface area (Å²) in [7, 11) is 0. The van der Waals surface area contributed by atoms with Crippen LogP contribution >= 0.6 is 24.0 Å². The van der Waals surface area contributed by atoms with E-state index in [1.807, 2.05) is 13.8 Å². The van der Waals surface area contributed by atoms with E-state index in [4.69, 9.17) is 9.41 Å². The number of oxazole rings is 1. The standard InChI is InChI=1S/C18H30N4O.HI/c1-4-19-17(20-12-16-21-14(2)15(3)23-16)22-11-10-18(13-22)8-6-5-7-9-18;/h4-13H2,1-3H3,(H,19,20);1H.